The fourth-order valence-corrected chi connectivity index (χ4v) is 5.57. The minimum absolute atomic E-state index is 0.0390. The first-order valence-electron chi connectivity index (χ1n) is 13.0. The highest BCUT2D eigenvalue weighted by molar-refractivity contribution is 6.39. The molecule has 0 radical (unpaired) electrons. The molecule has 2 aromatic heterocycles. The molecule has 13 heteroatoms. The molecule has 6 rings (SSSR count). The number of nitrogens with one attached hydrogen (secondary N) is 1. The maximum absolute atomic E-state index is 14.1. The molecule has 2 saturated carbocycles. The lowest BCUT2D eigenvalue weighted by molar-refractivity contribution is -0.00922. The van der Waals surface area contributed by atoms with Crippen molar-refractivity contribution < 1.29 is 9.53 Å². The molecular weight excluding hydrogens is 567 g/mol. The topological polar surface area (TPSA) is 175 Å². The molecule has 0 bridgehead atoms. The summed E-state index contributed by atoms with van der Waals surface area (Å²) in [6.07, 6.45) is 2.15. The van der Waals surface area contributed by atoms with Crippen LogP contribution in [0.25, 0.3) is 10.9 Å². The average molecular weight is 591 g/mol. The van der Waals surface area contributed by atoms with E-state index in [2.05, 4.69) is 15.3 Å². The number of esters is 1. The smallest absolute Gasteiger partial charge is 0.338 e. The number of benzene rings is 2. The Hall–Kier alpha value is -4.40. The monoisotopic (exact) mass is 590 g/mol. The van der Waals surface area contributed by atoms with E-state index in [1.165, 1.54) is 0 Å². The van der Waals surface area contributed by atoms with Crippen molar-refractivity contribution in [2.75, 3.05) is 16.8 Å². The molecule has 0 saturated heterocycles. The predicted molar refractivity (Wildman–Crippen MR) is 155 cm³/mol. The summed E-state index contributed by atoms with van der Waals surface area (Å²) in [5.41, 5.74) is 12.2. The fraction of sp³-hybridized carbons (Fsp3) is 0.286. The Morgan fingerprint density at radius 1 is 1.07 bits per heavy atom. The zero-order valence-electron chi connectivity index (χ0n) is 21.6. The van der Waals surface area contributed by atoms with Crippen molar-refractivity contribution in [1.29, 1.82) is 5.26 Å². The minimum Gasteiger partial charge on any atom is -0.459 e. The van der Waals surface area contributed by atoms with E-state index in [0.717, 1.165) is 12.8 Å². The normalized spacial score (nSPS) is 18.8. The molecular formula is C28H24Cl2N8O3. The van der Waals surface area contributed by atoms with Crippen LogP contribution >= 0.6 is 23.2 Å². The summed E-state index contributed by atoms with van der Waals surface area (Å²) < 4.78 is 7.29. The number of carbonyl (C=O) groups is 1. The third kappa shape index (κ3) is 5.01. The maximum Gasteiger partial charge on any atom is 0.338 e. The van der Waals surface area contributed by atoms with E-state index in [4.69, 9.17) is 44.4 Å². The van der Waals surface area contributed by atoms with Crippen LogP contribution in [0.2, 0.25) is 10.0 Å². The lowest BCUT2D eigenvalue weighted by Gasteiger charge is -2.38. The molecule has 2 aliphatic rings. The van der Waals surface area contributed by atoms with E-state index in [-0.39, 0.29) is 67.7 Å². The summed E-state index contributed by atoms with van der Waals surface area (Å²) in [6, 6.07) is 13.0. The first-order valence-corrected chi connectivity index (χ1v) is 13.8. The van der Waals surface area contributed by atoms with Gasteiger partial charge in [0.15, 0.2) is 5.82 Å². The highest BCUT2D eigenvalue weighted by Crippen LogP contribution is 2.45. The molecule has 1 atom stereocenters. The summed E-state index contributed by atoms with van der Waals surface area (Å²) in [5, 5.41) is 13.7. The van der Waals surface area contributed by atoms with Crippen molar-refractivity contribution in [3.63, 3.8) is 0 Å². The van der Waals surface area contributed by atoms with Crippen LogP contribution < -0.4 is 22.3 Å². The van der Waals surface area contributed by atoms with Crippen LogP contribution in [-0.2, 0) is 4.74 Å². The number of aromatic nitrogens is 4. The van der Waals surface area contributed by atoms with E-state index >= 15 is 0 Å². The number of nitriles is 1. The molecule has 2 aromatic carbocycles. The van der Waals surface area contributed by atoms with Gasteiger partial charge in [-0.15, -0.1) is 0 Å². The van der Waals surface area contributed by atoms with Gasteiger partial charge in [0.1, 0.15) is 29.4 Å². The largest absolute Gasteiger partial charge is 0.459 e. The van der Waals surface area contributed by atoms with Crippen molar-refractivity contribution in [3.8, 4) is 6.07 Å². The van der Waals surface area contributed by atoms with Gasteiger partial charge < -0.3 is 21.5 Å². The SMILES string of the molecule is N#Cc1c(N)nc(N)nc1N[C@H](c1nc2c(Cl)ccc(Cl)c2c(=O)n1C1CC(OC(=O)c2ccccc2)C1)C1CC1. The molecule has 2 fully saturated rings. The Kier molecular flexibility index (Phi) is 6.89. The maximum atomic E-state index is 14.1. The summed E-state index contributed by atoms with van der Waals surface area (Å²) in [7, 11) is 0. The molecule has 0 aliphatic heterocycles. The molecule has 11 nitrogen and oxygen atoms in total. The number of hydrogen-bond acceptors (Lipinski definition) is 10. The number of carbonyl (C=O) groups excluding carboxylic acids is 1. The van der Waals surface area contributed by atoms with Crippen molar-refractivity contribution in [2.45, 2.75) is 43.9 Å². The van der Waals surface area contributed by atoms with Crippen molar-refractivity contribution in [1.82, 2.24) is 19.5 Å². The summed E-state index contributed by atoms with van der Waals surface area (Å²) in [4.78, 5) is 39.6. The molecule has 41 heavy (non-hydrogen) atoms. The molecule has 4 aromatic rings. The summed E-state index contributed by atoms with van der Waals surface area (Å²) in [5.74, 6) is 0.0624. The summed E-state index contributed by atoms with van der Waals surface area (Å²) in [6.45, 7) is 0. The van der Waals surface area contributed by atoms with Gasteiger partial charge in [0.2, 0.25) is 5.95 Å². The van der Waals surface area contributed by atoms with Crippen LogP contribution in [0.1, 0.15) is 59.5 Å². The Labute approximate surface area is 244 Å². The van der Waals surface area contributed by atoms with Gasteiger partial charge in [0.05, 0.1) is 32.6 Å². The van der Waals surface area contributed by atoms with Gasteiger partial charge in [-0.1, -0.05) is 41.4 Å². The molecule has 0 spiro atoms. The van der Waals surface area contributed by atoms with Crippen LogP contribution in [-0.4, -0.2) is 31.6 Å². The van der Waals surface area contributed by atoms with Crippen LogP contribution in [0.3, 0.4) is 0 Å². The van der Waals surface area contributed by atoms with E-state index in [9.17, 15) is 14.9 Å². The second-order valence-electron chi connectivity index (χ2n) is 10.2. The quantitative estimate of drug-likeness (QED) is 0.257. The Morgan fingerprint density at radius 3 is 2.46 bits per heavy atom. The Morgan fingerprint density at radius 2 is 1.78 bits per heavy atom. The highest BCUT2D eigenvalue weighted by atomic mass is 35.5. The second-order valence-corrected chi connectivity index (χ2v) is 11.0. The fourth-order valence-electron chi connectivity index (χ4n) is 5.14. The lowest BCUT2D eigenvalue weighted by Crippen LogP contribution is -2.42. The highest BCUT2D eigenvalue weighted by Gasteiger charge is 2.41. The second kappa shape index (κ2) is 10.5. The van der Waals surface area contributed by atoms with Crippen LogP contribution in [0.15, 0.2) is 47.3 Å². The van der Waals surface area contributed by atoms with Crippen LogP contribution in [0.4, 0.5) is 17.6 Å². The molecule has 2 aliphatic carbocycles. The van der Waals surface area contributed by atoms with Crippen molar-refractivity contribution in [2.24, 2.45) is 5.92 Å². The van der Waals surface area contributed by atoms with Crippen LogP contribution in [0.5, 0.6) is 0 Å². The van der Waals surface area contributed by atoms with Crippen molar-refractivity contribution in [3.05, 3.63) is 79.8 Å². The number of ether oxygens (including phenoxy) is 1. The Balaban J connectivity index is 1.41. The van der Waals surface area contributed by atoms with Gasteiger partial charge in [0.25, 0.3) is 5.56 Å². The zero-order valence-corrected chi connectivity index (χ0v) is 23.1. The van der Waals surface area contributed by atoms with E-state index in [0.29, 0.717) is 24.2 Å². The first kappa shape index (κ1) is 26.8. The van der Waals surface area contributed by atoms with Gasteiger partial charge >= 0.3 is 5.97 Å². The number of halogens is 2. The summed E-state index contributed by atoms with van der Waals surface area (Å²) >= 11 is 13.0. The molecule has 5 N–H and O–H groups in total. The minimum atomic E-state index is -0.533. The molecule has 208 valence electrons. The van der Waals surface area contributed by atoms with E-state index < -0.39 is 12.0 Å². The van der Waals surface area contributed by atoms with E-state index in [1.54, 1.807) is 41.0 Å². The van der Waals surface area contributed by atoms with Crippen molar-refractivity contribution >= 4 is 57.7 Å². The van der Waals surface area contributed by atoms with E-state index in [1.807, 2.05) is 12.1 Å². The van der Waals surface area contributed by atoms with Gasteiger partial charge in [-0.3, -0.25) is 9.36 Å². The van der Waals surface area contributed by atoms with Gasteiger partial charge in [-0.05, 0) is 43.0 Å². The third-order valence-corrected chi connectivity index (χ3v) is 8.05. The number of anilines is 3. The number of hydrogen-bond donors (Lipinski definition) is 3. The number of nitrogen functional groups attached to an aromatic ring is 2. The number of nitrogens with two attached hydrogens (primary N) is 2. The van der Waals surface area contributed by atoms with Gasteiger partial charge in [0, 0.05) is 18.9 Å². The van der Waals surface area contributed by atoms with Gasteiger partial charge in [-0.25, -0.2) is 9.78 Å². The lowest BCUT2D eigenvalue weighted by atomic mass is 9.88. The van der Waals surface area contributed by atoms with Gasteiger partial charge in [-0.2, -0.15) is 15.2 Å². The van der Waals surface area contributed by atoms with Crippen LogP contribution in [0, 0.1) is 17.2 Å². The average Bonchev–Trinajstić information content (AvgIpc) is 3.77. The molecule has 0 unspecified atom stereocenters. The number of rotatable bonds is 7. The number of fused-ring (bicyclic) bond motifs is 1. The third-order valence-electron chi connectivity index (χ3n) is 7.43. The number of nitrogens with zero attached hydrogens (tertiary/aromatic N) is 5. The Bertz CT molecular complexity index is 1780. The standard InChI is InChI=1S/C28H24Cl2N8O3/c29-18-8-9-19(30)22-20(18)26(39)38(15-10-16(11-15)41-27(40)14-4-2-1-3-5-14)25(35-22)21(13-6-7-13)34-24-17(12-31)23(32)36-28(33)37-24/h1-5,8-9,13,15-16,21H,6-7,10-11H2,(H5,32,33,34,36,37)/t15?,16?,21-/m0/s1. The zero-order chi connectivity index (χ0) is 28.8. The molecule has 2 heterocycles. The first-order chi connectivity index (χ1) is 19.7. The predicted octanol–water partition coefficient (Wildman–Crippen LogP) is 4.65. The molecule has 0 amide bonds.